The SMILES string of the molecule is Cc1c2c(cccc3ccccc3n1-c1ccc(C(=N)N=C(N)c3ccccc3)cc1)cc1c3ccccc3c3ccccc3n12.Cc1ccccc1. The number of rotatable bonds is 3. The van der Waals surface area contributed by atoms with Crippen molar-refractivity contribution in [1.29, 1.82) is 5.41 Å². The van der Waals surface area contributed by atoms with Crippen molar-refractivity contribution in [3.63, 3.8) is 0 Å². The normalized spacial score (nSPS) is 11.5. The van der Waals surface area contributed by atoms with E-state index >= 15 is 0 Å². The molecule has 0 bridgehead atoms. The molecule has 0 saturated heterocycles. The van der Waals surface area contributed by atoms with Gasteiger partial charge in [0.05, 0.1) is 22.1 Å². The molecule has 53 heavy (non-hydrogen) atoms. The van der Waals surface area contributed by atoms with Gasteiger partial charge in [-0.25, -0.2) is 4.99 Å². The maximum atomic E-state index is 8.68. The standard InChI is InChI=1S/C41H31N5.C7H8/c1-27-39-31(26-38-35-19-7-6-17-33(35)34-18-8-10-21-37(34)46(38)39)16-11-15-28-12-5-9-20-36(28)45(27)32-24-22-30(23-25-32)41(43)44-40(42)29-13-3-2-4-14-29;1-7-5-3-2-4-6-7/h2-26H,1H3,(H3,42,43,44);2-6H,1H3. The van der Waals surface area contributed by atoms with Crippen LogP contribution >= 0.6 is 0 Å². The highest BCUT2D eigenvalue weighted by molar-refractivity contribution is 6.16. The van der Waals surface area contributed by atoms with Gasteiger partial charge in [-0.15, -0.1) is 0 Å². The quantitative estimate of drug-likeness (QED) is 0.108. The molecule has 5 heteroatoms. The van der Waals surface area contributed by atoms with Gasteiger partial charge in [-0.1, -0.05) is 145 Å². The van der Waals surface area contributed by atoms with E-state index in [1.807, 2.05) is 60.7 Å². The molecule has 3 aromatic heterocycles. The summed E-state index contributed by atoms with van der Waals surface area (Å²) in [7, 11) is 0. The van der Waals surface area contributed by atoms with Gasteiger partial charge in [0.2, 0.25) is 0 Å². The smallest absolute Gasteiger partial charge is 0.154 e. The van der Waals surface area contributed by atoms with Crippen molar-refractivity contribution >= 4 is 60.7 Å². The summed E-state index contributed by atoms with van der Waals surface area (Å²) in [6.45, 7) is 4.28. The van der Waals surface area contributed by atoms with E-state index < -0.39 is 0 Å². The second kappa shape index (κ2) is 14.3. The third-order valence-corrected chi connectivity index (χ3v) is 9.72. The van der Waals surface area contributed by atoms with Crippen molar-refractivity contribution in [2.75, 3.05) is 0 Å². The van der Waals surface area contributed by atoms with E-state index in [9.17, 15) is 0 Å². The molecule has 0 saturated carbocycles. The number of fused-ring (bicyclic) bond motifs is 9. The summed E-state index contributed by atoms with van der Waals surface area (Å²) in [5, 5.41) is 14.6. The number of hydrogen-bond donors (Lipinski definition) is 2. The van der Waals surface area contributed by atoms with E-state index in [0.717, 1.165) is 38.8 Å². The molecule has 256 valence electrons. The summed E-state index contributed by atoms with van der Waals surface area (Å²) in [6.07, 6.45) is 0. The number of nitrogens with two attached hydrogens (primary N) is 1. The zero-order chi connectivity index (χ0) is 36.3. The number of aryl methyl sites for hydroxylation is 2. The van der Waals surface area contributed by atoms with Gasteiger partial charge in [0, 0.05) is 38.7 Å². The lowest BCUT2D eigenvalue weighted by Crippen LogP contribution is -2.15. The molecule has 0 aliphatic rings. The Morgan fingerprint density at radius 1 is 0.509 bits per heavy atom. The first-order valence-electron chi connectivity index (χ1n) is 17.8. The summed E-state index contributed by atoms with van der Waals surface area (Å²) in [5.74, 6) is 0.442. The minimum atomic E-state index is 0.120. The van der Waals surface area contributed by atoms with Gasteiger partial charge in [-0.2, -0.15) is 0 Å². The van der Waals surface area contributed by atoms with Crippen LogP contribution < -0.4 is 5.73 Å². The van der Waals surface area contributed by atoms with Crippen molar-refractivity contribution < 1.29 is 0 Å². The first-order valence-corrected chi connectivity index (χ1v) is 17.8. The van der Waals surface area contributed by atoms with E-state index in [0.29, 0.717) is 11.4 Å². The molecular formula is C48H39N5. The van der Waals surface area contributed by atoms with E-state index in [2.05, 4.69) is 149 Å². The van der Waals surface area contributed by atoms with Gasteiger partial charge in [-0.05, 0) is 67.1 Å². The van der Waals surface area contributed by atoms with Crippen molar-refractivity contribution in [3.8, 4) is 5.69 Å². The highest BCUT2D eigenvalue weighted by atomic mass is 15.0. The third-order valence-electron chi connectivity index (χ3n) is 9.72. The van der Waals surface area contributed by atoms with E-state index in [4.69, 9.17) is 11.1 Å². The second-order valence-electron chi connectivity index (χ2n) is 13.2. The number of amidine groups is 2. The minimum absolute atomic E-state index is 0.120. The van der Waals surface area contributed by atoms with Crippen LogP contribution in [0.1, 0.15) is 22.4 Å². The van der Waals surface area contributed by atoms with Crippen LogP contribution in [0.25, 0.3) is 54.7 Å². The number of aliphatic imine (C=N–C) groups is 1. The number of aromatic nitrogens is 2. The maximum Gasteiger partial charge on any atom is 0.154 e. The number of hydrogen-bond acceptors (Lipinski definition) is 1. The molecule has 5 nitrogen and oxygen atoms in total. The fraction of sp³-hybridized carbons (Fsp3) is 0.0417. The molecule has 0 atom stereocenters. The Balaban J connectivity index is 0.000000515. The van der Waals surface area contributed by atoms with Gasteiger partial charge < -0.3 is 14.7 Å². The monoisotopic (exact) mass is 685 g/mol. The van der Waals surface area contributed by atoms with Crippen LogP contribution in [0.5, 0.6) is 0 Å². The first-order chi connectivity index (χ1) is 26.0. The summed E-state index contributed by atoms with van der Waals surface area (Å²) < 4.78 is 4.74. The van der Waals surface area contributed by atoms with Crippen LogP contribution in [0.15, 0.2) is 187 Å². The number of pyridine rings is 1. The summed E-state index contributed by atoms with van der Waals surface area (Å²) in [4.78, 5) is 4.40. The Kier molecular flexibility index (Phi) is 8.97. The molecule has 0 unspecified atom stereocenters. The molecule has 6 aromatic carbocycles. The van der Waals surface area contributed by atoms with Gasteiger partial charge in [0.25, 0.3) is 0 Å². The molecule has 0 aliphatic carbocycles. The van der Waals surface area contributed by atoms with E-state index in [1.54, 1.807) is 0 Å². The number of nitrogens with zero attached hydrogens (tertiary/aromatic N) is 3. The summed E-state index contributed by atoms with van der Waals surface area (Å²) >= 11 is 0. The number of para-hydroxylation sites is 2. The minimum Gasteiger partial charge on any atom is -0.383 e. The molecule has 9 aromatic rings. The Hall–Kier alpha value is -6.98. The lowest BCUT2D eigenvalue weighted by atomic mass is 10.1. The predicted molar refractivity (Wildman–Crippen MR) is 224 cm³/mol. The van der Waals surface area contributed by atoms with Crippen LogP contribution in [0.2, 0.25) is 0 Å². The molecule has 0 amide bonds. The number of nitrogens with one attached hydrogen (secondary N) is 1. The first kappa shape index (κ1) is 33.2. The van der Waals surface area contributed by atoms with Crippen LogP contribution in [0, 0.1) is 19.3 Å². The van der Waals surface area contributed by atoms with Gasteiger partial charge in [0.1, 0.15) is 5.84 Å². The Bertz CT molecular complexity index is 2860. The molecule has 3 N–H and O–H groups in total. The van der Waals surface area contributed by atoms with Gasteiger partial charge >= 0.3 is 0 Å². The Morgan fingerprint density at radius 3 is 1.74 bits per heavy atom. The highest BCUT2D eigenvalue weighted by Gasteiger charge is 2.15. The molecule has 0 aliphatic heterocycles. The topological polar surface area (TPSA) is 71.6 Å². The Labute approximate surface area is 308 Å². The zero-order valence-electron chi connectivity index (χ0n) is 29.7. The lowest BCUT2D eigenvalue weighted by molar-refractivity contribution is 1.04. The molecular weight excluding hydrogens is 647 g/mol. The van der Waals surface area contributed by atoms with Gasteiger partial charge in [0.15, 0.2) is 5.84 Å². The van der Waals surface area contributed by atoms with Gasteiger partial charge in [-0.3, -0.25) is 5.41 Å². The largest absolute Gasteiger partial charge is 0.383 e. The van der Waals surface area contributed by atoms with Crippen molar-refractivity contribution in [1.82, 2.24) is 8.97 Å². The second-order valence-corrected chi connectivity index (χ2v) is 13.2. The fourth-order valence-electron chi connectivity index (χ4n) is 7.18. The highest BCUT2D eigenvalue weighted by Crippen LogP contribution is 2.35. The van der Waals surface area contributed by atoms with Crippen molar-refractivity contribution in [3.05, 3.63) is 204 Å². The van der Waals surface area contributed by atoms with Crippen LogP contribution in [-0.4, -0.2) is 20.6 Å². The van der Waals surface area contributed by atoms with Crippen molar-refractivity contribution in [2.24, 2.45) is 10.7 Å². The van der Waals surface area contributed by atoms with Crippen LogP contribution in [0.4, 0.5) is 0 Å². The molecule has 0 spiro atoms. The molecule has 3 heterocycles. The average molecular weight is 686 g/mol. The van der Waals surface area contributed by atoms with Crippen LogP contribution in [-0.2, 0) is 0 Å². The van der Waals surface area contributed by atoms with E-state index in [1.165, 1.54) is 32.8 Å². The maximum absolute atomic E-state index is 8.68. The summed E-state index contributed by atoms with van der Waals surface area (Å²) in [6, 6.07) is 62.5. The fourth-order valence-corrected chi connectivity index (χ4v) is 7.18. The van der Waals surface area contributed by atoms with Crippen LogP contribution in [0.3, 0.4) is 0 Å². The Morgan fingerprint density at radius 2 is 1.06 bits per heavy atom. The molecule has 0 radical (unpaired) electrons. The van der Waals surface area contributed by atoms with Crippen molar-refractivity contribution in [2.45, 2.75) is 13.8 Å². The number of benzene rings is 6. The zero-order valence-corrected chi connectivity index (χ0v) is 29.7. The molecule has 0 fully saturated rings. The third kappa shape index (κ3) is 6.41. The summed E-state index contributed by atoms with van der Waals surface area (Å²) in [5.41, 5.74) is 15.7. The van der Waals surface area contributed by atoms with E-state index in [-0.39, 0.29) is 5.84 Å². The average Bonchev–Trinajstić information content (AvgIpc) is 3.61. The predicted octanol–water partition coefficient (Wildman–Crippen LogP) is 11.5. The molecule has 9 rings (SSSR count). The lowest BCUT2D eigenvalue weighted by Gasteiger charge is -2.16.